The Hall–Kier alpha value is -2.04. The molecular weight excluding hydrogens is 372 g/mol. The van der Waals surface area contributed by atoms with Crippen LogP contribution in [0.4, 0.5) is 0 Å². The molecule has 0 bridgehead atoms. The molecule has 0 atom stereocenters. The summed E-state index contributed by atoms with van der Waals surface area (Å²) in [7, 11) is 1.71. The van der Waals surface area contributed by atoms with E-state index in [0.29, 0.717) is 6.61 Å². The van der Waals surface area contributed by atoms with Gasteiger partial charge < -0.3 is 19.3 Å². The summed E-state index contributed by atoms with van der Waals surface area (Å²) in [5.41, 5.74) is 2.52. The summed E-state index contributed by atoms with van der Waals surface area (Å²) in [4.78, 5) is 3.60. The maximum Gasteiger partial charge on any atom is 0.162 e. The quantitative estimate of drug-likeness (QED) is 0.733. The van der Waals surface area contributed by atoms with Gasteiger partial charge in [0, 0.05) is 18.4 Å². The van der Waals surface area contributed by atoms with Crippen LogP contribution in [-0.2, 0) is 13.2 Å². The molecule has 2 aromatic carbocycles. The zero-order chi connectivity index (χ0) is 20.6. The lowest BCUT2D eigenvalue weighted by Crippen LogP contribution is -3.20. The minimum Gasteiger partial charge on any atom is -0.493 e. The first-order valence-corrected chi connectivity index (χ1v) is 11.8. The van der Waals surface area contributed by atoms with Gasteiger partial charge in [-0.3, -0.25) is 0 Å². The molecule has 4 rings (SSSR count). The Morgan fingerprint density at radius 2 is 1.53 bits per heavy atom. The third-order valence-electron chi connectivity index (χ3n) is 6.94. The molecule has 0 aromatic heterocycles. The van der Waals surface area contributed by atoms with Gasteiger partial charge in [0.15, 0.2) is 11.5 Å². The van der Waals surface area contributed by atoms with Crippen molar-refractivity contribution in [2.45, 2.75) is 57.7 Å². The van der Waals surface area contributed by atoms with Crippen LogP contribution in [0.3, 0.4) is 0 Å². The second-order valence-corrected chi connectivity index (χ2v) is 9.03. The molecule has 2 aliphatic heterocycles. The van der Waals surface area contributed by atoms with Crippen LogP contribution < -0.4 is 19.3 Å². The highest BCUT2D eigenvalue weighted by Crippen LogP contribution is 2.28. The number of benzene rings is 2. The summed E-state index contributed by atoms with van der Waals surface area (Å²) in [5, 5.41) is 0. The molecule has 0 unspecified atom stereocenters. The molecule has 0 amide bonds. The Labute approximate surface area is 181 Å². The Morgan fingerprint density at radius 1 is 0.800 bits per heavy atom. The van der Waals surface area contributed by atoms with Crippen LogP contribution in [0.25, 0.3) is 0 Å². The van der Waals surface area contributed by atoms with Gasteiger partial charge in [-0.25, -0.2) is 0 Å². The van der Waals surface area contributed by atoms with Crippen LogP contribution in [0, 0.1) is 0 Å². The third kappa shape index (κ3) is 5.77. The second-order valence-electron chi connectivity index (χ2n) is 9.03. The third-order valence-corrected chi connectivity index (χ3v) is 6.94. The Balaban J connectivity index is 1.32. The molecule has 0 radical (unpaired) electrons. The molecule has 2 heterocycles. The van der Waals surface area contributed by atoms with Crippen molar-refractivity contribution in [3.63, 3.8) is 0 Å². The average molecular weight is 411 g/mol. The molecule has 162 valence electrons. The molecule has 0 saturated carbocycles. The number of quaternary nitrogens is 2. The number of piperidine rings is 1. The van der Waals surface area contributed by atoms with Gasteiger partial charge in [0.1, 0.15) is 13.2 Å². The fourth-order valence-corrected chi connectivity index (χ4v) is 5.17. The summed E-state index contributed by atoms with van der Waals surface area (Å²) in [5.74, 6) is 1.66. The highest BCUT2D eigenvalue weighted by Gasteiger charge is 2.30. The molecule has 0 aliphatic carbocycles. The first-order chi connectivity index (χ1) is 14.8. The van der Waals surface area contributed by atoms with Crippen LogP contribution in [0.5, 0.6) is 11.5 Å². The number of rotatable bonds is 7. The highest BCUT2D eigenvalue weighted by molar-refractivity contribution is 5.43. The summed E-state index contributed by atoms with van der Waals surface area (Å²) >= 11 is 0. The number of hydrogen-bond donors (Lipinski definition) is 2. The lowest BCUT2D eigenvalue weighted by Gasteiger charge is -2.34. The van der Waals surface area contributed by atoms with Crippen molar-refractivity contribution in [3.05, 3.63) is 59.7 Å². The Morgan fingerprint density at radius 3 is 2.23 bits per heavy atom. The summed E-state index contributed by atoms with van der Waals surface area (Å²) < 4.78 is 11.7. The standard InChI is InChI=1S/C26H36N2O2/c1-29-25-12-11-23(19-26(25)30-21-22-9-5-4-6-10-22)20-27-17-13-24(14-18-27)28-15-7-2-3-8-16-28/h4-6,9-12,19,24H,2-3,7-8,13-18,20-21H2,1H3/p+2. The van der Waals surface area contributed by atoms with Crippen molar-refractivity contribution in [3.8, 4) is 11.5 Å². The molecule has 2 N–H and O–H groups in total. The second kappa shape index (κ2) is 10.8. The number of ether oxygens (including phenoxy) is 2. The fourth-order valence-electron chi connectivity index (χ4n) is 5.17. The van der Waals surface area contributed by atoms with Gasteiger partial charge in [0.2, 0.25) is 0 Å². The van der Waals surface area contributed by atoms with E-state index >= 15 is 0 Å². The van der Waals surface area contributed by atoms with Crippen LogP contribution in [0.15, 0.2) is 48.5 Å². The topological polar surface area (TPSA) is 27.3 Å². The minimum absolute atomic E-state index is 0.567. The van der Waals surface area contributed by atoms with Gasteiger partial charge in [-0.15, -0.1) is 0 Å². The molecule has 4 heteroatoms. The molecule has 2 aromatic rings. The zero-order valence-electron chi connectivity index (χ0n) is 18.5. The van der Waals surface area contributed by atoms with E-state index in [1.807, 2.05) is 23.1 Å². The summed E-state index contributed by atoms with van der Waals surface area (Å²) in [6.07, 6.45) is 8.50. The SMILES string of the molecule is COc1ccc(C[NH+]2CCC([NH+]3CCCCCC3)CC2)cc1OCc1ccccc1. The molecule has 4 nitrogen and oxygen atoms in total. The molecule has 2 saturated heterocycles. The Bertz CT molecular complexity index is 764. The highest BCUT2D eigenvalue weighted by atomic mass is 16.5. The van der Waals surface area contributed by atoms with Gasteiger partial charge in [0.05, 0.1) is 39.3 Å². The normalized spacial score (nSPS) is 23.0. The van der Waals surface area contributed by atoms with Crippen molar-refractivity contribution in [1.82, 2.24) is 0 Å². The van der Waals surface area contributed by atoms with E-state index < -0.39 is 0 Å². The fraction of sp³-hybridized carbons (Fsp3) is 0.538. The van der Waals surface area contributed by atoms with Crippen LogP contribution >= 0.6 is 0 Å². The maximum absolute atomic E-state index is 6.11. The lowest BCUT2D eigenvalue weighted by atomic mass is 10.0. The van der Waals surface area contributed by atoms with Gasteiger partial charge >= 0.3 is 0 Å². The Kier molecular flexibility index (Phi) is 7.65. The van der Waals surface area contributed by atoms with Gasteiger partial charge in [-0.05, 0) is 49.4 Å². The molecule has 30 heavy (non-hydrogen) atoms. The van der Waals surface area contributed by atoms with E-state index in [0.717, 1.165) is 24.1 Å². The largest absolute Gasteiger partial charge is 0.493 e. The maximum atomic E-state index is 6.11. The van der Waals surface area contributed by atoms with E-state index in [9.17, 15) is 0 Å². The first-order valence-electron chi connectivity index (χ1n) is 11.8. The predicted molar refractivity (Wildman–Crippen MR) is 120 cm³/mol. The van der Waals surface area contributed by atoms with Gasteiger partial charge in [-0.1, -0.05) is 30.3 Å². The van der Waals surface area contributed by atoms with Crippen molar-refractivity contribution < 1.29 is 19.3 Å². The van der Waals surface area contributed by atoms with E-state index in [-0.39, 0.29) is 0 Å². The smallest absolute Gasteiger partial charge is 0.162 e. The van der Waals surface area contributed by atoms with E-state index in [1.165, 1.54) is 75.8 Å². The van der Waals surface area contributed by atoms with Crippen molar-refractivity contribution in [2.75, 3.05) is 33.3 Å². The summed E-state index contributed by atoms with van der Waals surface area (Å²) in [6, 6.07) is 17.7. The van der Waals surface area contributed by atoms with Gasteiger partial charge in [-0.2, -0.15) is 0 Å². The molecule has 2 aliphatic rings. The van der Waals surface area contributed by atoms with Crippen LogP contribution in [0.1, 0.15) is 49.7 Å². The average Bonchev–Trinajstić information content (AvgIpc) is 3.09. The molecule has 2 fully saturated rings. The van der Waals surface area contributed by atoms with Crippen molar-refractivity contribution >= 4 is 0 Å². The van der Waals surface area contributed by atoms with E-state index in [4.69, 9.17) is 9.47 Å². The lowest BCUT2D eigenvalue weighted by molar-refractivity contribution is -0.963. The molecule has 0 spiro atoms. The number of nitrogens with one attached hydrogen (secondary N) is 2. The van der Waals surface area contributed by atoms with Crippen LogP contribution in [0.2, 0.25) is 0 Å². The predicted octanol–water partition coefficient (Wildman–Crippen LogP) is 2.28. The monoisotopic (exact) mass is 410 g/mol. The van der Waals surface area contributed by atoms with Crippen molar-refractivity contribution in [2.24, 2.45) is 0 Å². The van der Waals surface area contributed by atoms with Crippen LogP contribution in [-0.4, -0.2) is 39.3 Å². The zero-order valence-corrected chi connectivity index (χ0v) is 18.5. The number of methoxy groups -OCH3 is 1. The van der Waals surface area contributed by atoms with E-state index in [1.54, 1.807) is 12.0 Å². The number of hydrogen-bond acceptors (Lipinski definition) is 2. The van der Waals surface area contributed by atoms with E-state index in [2.05, 4.69) is 30.3 Å². The first kappa shape index (κ1) is 21.2. The molecular formula is C26H38N2O2+2. The van der Waals surface area contributed by atoms with Crippen molar-refractivity contribution in [1.29, 1.82) is 0 Å². The minimum atomic E-state index is 0.567. The summed E-state index contributed by atoms with van der Waals surface area (Å²) in [6.45, 7) is 7.03. The van der Waals surface area contributed by atoms with Gasteiger partial charge in [0.25, 0.3) is 0 Å². The number of likely N-dealkylation sites (tertiary alicyclic amines) is 2.